The molecule has 3 aliphatic rings. The van der Waals surface area contributed by atoms with Gasteiger partial charge in [0.05, 0.1) is 7.11 Å². The molecule has 1 aliphatic carbocycles. The van der Waals surface area contributed by atoms with Gasteiger partial charge >= 0.3 is 0 Å². The van der Waals surface area contributed by atoms with Gasteiger partial charge in [0.2, 0.25) is 11.8 Å². The SMILES string of the molecule is COc1cc(C(=O)N2CCCC3(CCC(=O)N(C4CCCC4)C3)C2)ccn1. The molecule has 0 N–H and O–H groups in total. The van der Waals surface area contributed by atoms with E-state index in [4.69, 9.17) is 4.74 Å². The van der Waals surface area contributed by atoms with Gasteiger partial charge < -0.3 is 14.5 Å². The van der Waals surface area contributed by atoms with E-state index in [0.29, 0.717) is 29.8 Å². The van der Waals surface area contributed by atoms with Crippen LogP contribution in [0.5, 0.6) is 5.88 Å². The third-order valence-corrected chi connectivity index (χ3v) is 6.60. The van der Waals surface area contributed by atoms with E-state index in [1.807, 2.05) is 4.90 Å². The number of piperidine rings is 2. The minimum absolute atomic E-state index is 0.0408. The van der Waals surface area contributed by atoms with Crippen molar-refractivity contribution in [2.75, 3.05) is 26.7 Å². The standard InChI is InChI=1S/C21H29N3O3/c1-27-18-13-16(8-11-22-18)20(26)23-12-4-9-21(14-23)10-7-19(25)24(15-21)17-5-2-3-6-17/h8,11,13,17H,2-7,9-10,12,14-15H2,1H3. The van der Waals surface area contributed by atoms with Crippen LogP contribution in [0.3, 0.4) is 0 Å². The summed E-state index contributed by atoms with van der Waals surface area (Å²) in [6, 6.07) is 3.88. The Balaban J connectivity index is 1.49. The Labute approximate surface area is 160 Å². The van der Waals surface area contributed by atoms with Gasteiger partial charge in [0.1, 0.15) is 0 Å². The maximum absolute atomic E-state index is 13.1. The maximum atomic E-state index is 13.1. The average Bonchev–Trinajstić information content (AvgIpc) is 3.24. The molecule has 1 unspecified atom stereocenters. The van der Waals surface area contributed by atoms with Crippen molar-refractivity contribution in [2.24, 2.45) is 5.41 Å². The summed E-state index contributed by atoms with van der Waals surface area (Å²) in [5, 5.41) is 0. The van der Waals surface area contributed by atoms with Crippen LogP contribution in [-0.4, -0.2) is 59.4 Å². The van der Waals surface area contributed by atoms with Gasteiger partial charge in [0.25, 0.3) is 5.91 Å². The highest BCUT2D eigenvalue weighted by Crippen LogP contribution is 2.41. The number of aromatic nitrogens is 1. The first-order valence-electron chi connectivity index (χ1n) is 10.2. The molecule has 2 amide bonds. The summed E-state index contributed by atoms with van der Waals surface area (Å²) in [4.78, 5) is 33.8. The van der Waals surface area contributed by atoms with Crippen LogP contribution in [0.1, 0.15) is 61.7 Å². The first-order chi connectivity index (χ1) is 13.1. The zero-order chi connectivity index (χ0) is 18.9. The van der Waals surface area contributed by atoms with Gasteiger partial charge in [-0.1, -0.05) is 12.8 Å². The van der Waals surface area contributed by atoms with Gasteiger partial charge in [-0.05, 0) is 38.2 Å². The lowest BCUT2D eigenvalue weighted by atomic mass is 9.73. The molecule has 1 spiro atoms. The number of nitrogens with zero attached hydrogens (tertiary/aromatic N) is 3. The van der Waals surface area contributed by atoms with Crippen LogP contribution in [-0.2, 0) is 4.79 Å². The number of pyridine rings is 1. The minimum atomic E-state index is 0.0408. The topological polar surface area (TPSA) is 62.7 Å². The van der Waals surface area contributed by atoms with Gasteiger partial charge in [0, 0.05) is 55.3 Å². The number of hydrogen-bond donors (Lipinski definition) is 0. The van der Waals surface area contributed by atoms with Crippen LogP contribution < -0.4 is 4.74 Å². The fourth-order valence-electron chi connectivity index (χ4n) is 5.14. The van der Waals surface area contributed by atoms with E-state index >= 15 is 0 Å². The lowest BCUT2D eigenvalue weighted by Crippen LogP contribution is -2.56. The molecule has 0 aromatic carbocycles. The van der Waals surface area contributed by atoms with Crippen molar-refractivity contribution in [1.29, 1.82) is 0 Å². The number of hydrogen-bond acceptors (Lipinski definition) is 4. The summed E-state index contributed by atoms with van der Waals surface area (Å²) in [5.41, 5.74) is 0.681. The summed E-state index contributed by atoms with van der Waals surface area (Å²) in [6.07, 6.45) is 10.00. The largest absolute Gasteiger partial charge is 0.481 e. The van der Waals surface area contributed by atoms with Crippen molar-refractivity contribution in [2.45, 2.75) is 57.4 Å². The monoisotopic (exact) mass is 371 g/mol. The summed E-state index contributed by atoms with van der Waals surface area (Å²) in [5.74, 6) is 0.817. The van der Waals surface area contributed by atoms with Crippen molar-refractivity contribution >= 4 is 11.8 Å². The Bertz CT molecular complexity index is 716. The molecule has 2 aliphatic heterocycles. The van der Waals surface area contributed by atoms with E-state index in [2.05, 4.69) is 9.88 Å². The zero-order valence-electron chi connectivity index (χ0n) is 16.2. The Morgan fingerprint density at radius 3 is 2.81 bits per heavy atom. The number of amides is 2. The molecule has 6 heteroatoms. The highest BCUT2D eigenvalue weighted by atomic mass is 16.5. The number of ether oxygens (including phenoxy) is 1. The number of rotatable bonds is 3. The van der Waals surface area contributed by atoms with Crippen molar-refractivity contribution in [3.63, 3.8) is 0 Å². The molecule has 1 atom stereocenters. The molecule has 3 heterocycles. The van der Waals surface area contributed by atoms with Crippen LogP contribution in [0.2, 0.25) is 0 Å². The summed E-state index contributed by atoms with van der Waals surface area (Å²) < 4.78 is 5.16. The molecular weight excluding hydrogens is 342 g/mol. The molecular formula is C21H29N3O3. The summed E-state index contributed by atoms with van der Waals surface area (Å²) in [6.45, 7) is 2.34. The van der Waals surface area contributed by atoms with Crippen molar-refractivity contribution in [1.82, 2.24) is 14.8 Å². The van der Waals surface area contributed by atoms with Gasteiger partial charge in [-0.2, -0.15) is 0 Å². The molecule has 146 valence electrons. The van der Waals surface area contributed by atoms with E-state index in [9.17, 15) is 9.59 Å². The van der Waals surface area contributed by atoms with E-state index in [1.54, 1.807) is 25.4 Å². The first kappa shape index (κ1) is 18.3. The van der Waals surface area contributed by atoms with Crippen molar-refractivity contribution in [3.05, 3.63) is 23.9 Å². The Morgan fingerprint density at radius 1 is 1.22 bits per heavy atom. The van der Waals surface area contributed by atoms with E-state index in [0.717, 1.165) is 51.7 Å². The Kier molecular flexibility index (Phi) is 5.06. The van der Waals surface area contributed by atoms with Crippen molar-refractivity contribution < 1.29 is 14.3 Å². The third kappa shape index (κ3) is 3.66. The van der Waals surface area contributed by atoms with Crippen LogP contribution in [0.4, 0.5) is 0 Å². The lowest BCUT2D eigenvalue weighted by Gasteiger charge is -2.49. The minimum Gasteiger partial charge on any atom is -0.481 e. The summed E-state index contributed by atoms with van der Waals surface area (Å²) in [7, 11) is 1.56. The average molecular weight is 371 g/mol. The highest BCUT2D eigenvalue weighted by molar-refractivity contribution is 5.94. The van der Waals surface area contributed by atoms with Crippen molar-refractivity contribution in [3.8, 4) is 5.88 Å². The Hall–Kier alpha value is -2.11. The molecule has 1 saturated carbocycles. The molecule has 4 rings (SSSR count). The second-order valence-corrected chi connectivity index (χ2v) is 8.38. The third-order valence-electron chi connectivity index (χ3n) is 6.60. The van der Waals surface area contributed by atoms with Crippen LogP contribution >= 0.6 is 0 Å². The number of likely N-dealkylation sites (tertiary alicyclic amines) is 2. The van der Waals surface area contributed by atoms with Gasteiger partial charge in [-0.25, -0.2) is 4.98 Å². The predicted octanol–water partition coefficient (Wildman–Crippen LogP) is 2.88. The zero-order valence-corrected chi connectivity index (χ0v) is 16.2. The fraction of sp³-hybridized carbons (Fsp3) is 0.667. The van der Waals surface area contributed by atoms with E-state index < -0.39 is 0 Å². The summed E-state index contributed by atoms with van der Waals surface area (Å²) >= 11 is 0. The lowest BCUT2D eigenvalue weighted by molar-refractivity contribution is -0.142. The van der Waals surface area contributed by atoms with Gasteiger partial charge in [-0.15, -0.1) is 0 Å². The van der Waals surface area contributed by atoms with E-state index in [1.165, 1.54) is 12.8 Å². The van der Waals surface area contributed by atoms with E-state index in [-0.39, 0.29) is 11.3 Å². The van der Waals surface area contributed by atoms with Crippen LogP contribution in [0, 0.1) is 5.41 Å². The normalized spacial score (nSPS) is 26.6. The molecule has 2 saturated heterocycles. The molecule has 0 bridgehead atoms. The van der Waals surface area contributed by atoms with Crippen LogP contribution in [0.15, 0.2) is 18.3 Å². The second-order valence-electron chi connectivity index (χ2n) is 8.38. The molecule has 1 aromatic heterocycles. The second kappa shape index (κ2) is 7.49. The van der Waals surface area contributed by atoms with Gasteiger partial charge in [0.15, 0.2) is 0 Å². The first-order valence-corrected chi connectivity index (χ1v) is 10.2. The predicted molar refractivity (Wildman–Crippen MR) is 102 cm³/mol. The Morgan fingerprint density at radius 2 is 2.04 bits per heavy atom. The molecule has 0 radical (unpaired) electrons. The molecule has 6 nitrogen and oxygen atoms in total. The smallest absolute Gasteiger partial charge is 0.254 e. The number of carbonyl (C=O) groups excluding carboxylic acids is 2. The molecule has 1 aromatic rings. The molecule has 27 heavy (non-hydrogen) atoms. The number of methoxy groups -OCH3 is 1. The fourth-order valence-corrected chi connectivity index (χ4v) is 5.14. The number of carbonyl (C=O) groups is 2. The van der Waals surface area contributed by atoms with Crippen LogP contribution in [0.25, 0.3) is 0 Å². The van der Waals surface area contributed by atoms with Gasteiger partial charge in [-0.3, -0.25) is 9.59 Å². The maximum Gasteiger partial charge on any atom is 0.254 e. The quantitative estimate of drug-likeness (QED) is 0.820. The highest BCUT2D eigenvalue weighted by Gasteiger charge is 2.44. The molecule has 3 fully saturated rings.